The van der Waals surface area contributed by atoms with Crippen LogP contribution in [0.3, 0.4) is 0 Å². The number of anilines is 1. The number of aliphatic hydroxyl groups excluding tert-OH is 1. The zero-order valence-corrected chi connectivity index (χ0v) is 15.0. The average Bonchev–Trinajstić information content (AvgIpc) is 3.26. The largest absolute Gasteiger partial charge is 0.396 e. The van der Waals surface area contributed by atoms with Crippen LogP contribution in [0.15, 0.2) is 35.4 Å². The van der Waals surface area contributed by atoms with Crippen LogP contribution in [-0.2, 0) is 9.84 Å². The van der Waals surface area contributed by atoms with Crippen molar-refractivity contribution >= 4 is 32.1 Å². The van der Waals surface area contributed by atoms with E-state index in [0.717, 1.165) is 17.9 Å². The molecule has 0 spiro atoms. The molecule has 0 amide bonds. The highest BCUT2D eigenvalue weighted by Crippen LogP contribution is 2.84. The number of carbonyl (C=O) groups is 1. The summed E-state index contributed by atoms with van der Waals surface area (Å²) in [5.41, 5.74) is 0.436. The monoisotopic (exact) mass is 376 g/mol. The van der Waals surface area contributed by atoms with E-state index in [9.17, 15) is 18.3 Å². The third-order valence-corrected chi connectivity index (χ3v) is 7.95. The van der Waals surface area contributed by atoms with Gasteiger partial charge in [-0.15, -0.1) is 0 Å². The molecule has 2 aromatic rings. The van der Waals surface area contributed by atoms with E-state index in [1.165, 1.54) is 23.5 Å². The standard InChI is InChI=1S/C17H16N2O4S2/c1-25(22,23)10-4-2-3-9(5-10)15(21)11-6-18-16(24-11)19-7-17(8-20)12-13(17)14(12)19/h2-6,12-14,20H,7-8H2,1H3. The van der Waals surface area contributed by atoms with Crippen molar-refractivity contribution in [2.24, 2.45) is 17.3 Å². The van der Waals surface area contributed by atoms with E-state index in [1.807, 2.05) is 0 Å². The molecule has 25 heavy (non-hydrogen) atoms. The molecular weight excluding hydrogens is 360 g/mol. The first-order valence-corrected chi connectivity index (χ1v) is 10.8. The number of rotatable bonds is 5. The van der Waals surface area contributed by atoms with Crippen LogP contribution in [0.2, 0.25) is 0 Å². The lowest BCUT2D eigenvalue weighted by Crippen LogP contribution is -2.20. The second-order valence-corrected chi connectivity index (χ2v) is 10.2. The maximum atomic E-state index is 12.7. The average molecular weight is 376 g/mol. The van der Waals surface area contributed by atoms with Gasteiger partial charge in [-0.2, -0.15) is 0 Å². The molecule has 4 aliphatic rings. The van der Waals surface area contributed by atoms with Gasteiger partial charge in [-0.3, -0.25) is 4.79 Å². The molecule has 2 aliphatic heterocycles. The number of fused-ring (bicyclic) bond motifs is 1. The maximum absolute atomic E-state index is 12.7. The summed E-state index contributed by atoms with van der Waals surface area (Å²) in [5, 5.41) is 10.3. The zero-order chi connectivity index (χ0) is 17.6. The number of hydrogen-bond donors (Lipinski definition) is 1. The van der Waals surface area contributed by atoms with E-state index in [-0.39, 0.29) is 22.7 Å². The van der Waals surface area contributed by atoms with Crippen molar-refractivity contribution in [2.75, 3.05) is 24.3 Å². The molecule has 0 radical (unpaired) electrons. The van der Waals surface area contributed by atoms with Gasteiger partial charge in [0.2, 0.25) is 5.78 Å². The van der Waals surface area contributed by atoms with Crippen molar-refractivity contribution in [2.45, 2.75) is 10.9 Å². The highest BCUT2D eigenvalue weighted by atomic mass is 32.2. The van der Waals surface area contributed by atoms with Crippen LogP contribution in [0.5, 0.6) is 0 Å². The number of piperidine rings is 1. The molecule has 2 saturated heterocycles. The smallest absolute Gasteiger partial charge is 0.204 e. The molecule has 8 heteroatoms. The number of sulfone groups is 1. The minimum atomic E-state index is -3.35. The van der Waals surface area contributed by atoms with Crippen LogP contribution in [0.1, 0.15) is 15.2 Å². The van der Waals surface area contributed by atoms with Crippen LogP contribution in [0, 0.1) is 17.3 Å². The Morgan fingerprint density at radius 2 is 2.20 bits per heavy atom. The fourth-order valence-corrected chi connectivity index (χ4v) is 5.99. The third kappa shape index (κ3) is 2.01. The molecule has 3 heterocycles. The summed E-state index contributed by atoms with van der Waals surface area (Å²) in [6, 6.07) is 6.58. The van der Waals surface area contributed by atoms with E-state index in [4.69, 9.17) is 0 Å². The predicted molar refractivity (Wildman–Crippen MR) is 92.7 cm³/mol. The Hall–Kier alpha value is -1.77. The molecule has 6 nitrogen and oxygen atoms in total. The Labute approximate surface area is 149 Å². The predicted octanol–water partition coefficient (Wildman–Crippen LogP) is 1.20. The van der Waals surface area contributed by atoms with Gasteiger partial charge < -0.3 is 10.0 Å². The molecule has 130 valence electrons. The van der Waals surface area contributed by atoms with Gasteiger partial charge in [0.1, 0.15) is 0 Å². The van der Waals surface area contributed by atoms with Crippen molar-refractivity contribution in [3.63, 3.8) is 0 Å². The molecule has 2 atom stereocenters. The fraction of sp³-hybridized carbons (Fsp3) is 0.412. The molecule has 4 fully saturated rings. The minimum Gasteiger partial charge on any atom is -0.396 e. The van der Waals surface area contributed by atoms with E-state index in [2.05, 4.69) is 9.88 Å². The molecule has 1 N–H and O–H groups in total. The molecule has 1 aromatic carbocycles. The van der Waals surface area contributed by atoms with Crippen molar-refractivity contribution < 1.29 is 18.3 Å². The van der Waals surface area contributed by atoms with Crippen molar-refractivity contribution in [1.82, 2.24) is 4.98 Å². The van der Waals surface area contributed by atoms with Gasteiger partial charge in [0.25, 0.3) is 0 Å². The zero-order valence-electron chi connectivity index (χ0n) is 13.4. The van der Waals surface area contributed by atoms with Crippen molar-refractivity contribution in [3.05, 3.63) is 40.9 Å². The maximum Gasteiger partial charge on any atom is 0.204 e. The number of nitrogens with zero attached hydrogens (tertiary/aromatic N) is 2. The molecular formula is C17H16N2O4S2. The van der Waals surface area contributed by atoms with E-state index >= 15 is 0 Å². The van der Waals surface area contributed by atoms with Crippen LogP contribution < -0.4 is 4.90 Å². The van der Waals surface area contributed by atoms with E-state index < -0.39 is 9.84 Å². The highest BCUT2D eigenvalue weighted by Gasteiger charge is 2.90. The summed E-state index contributed by atoms with van der Waals surface area (Å²) in [7, 11) is -3.35. The van der Waals surface area contributed by atoms with Crippen LogP contribution in [-0.4, -0.2) is 49.7 Å². The number of hydrogen-bond acceptors (Lipinski definition) is 7. The van der Waals surface area contributed by atoms with Gasteiger partial charge in [-0.05, 0) is 24.0 Å². The first kappa shape index (κ1) is 15.5. The Bertz CT molecular complexity index is 1000. The molecule has 2 unspecified atom stereocenters. The summed E-state index contributed by atoms with van der Waals surface area (Å²) in [6.07, 6.45) is 2.69. The number of aliphatic hydroxyl groups is 1. The molecule has 2 bridgehead atoms. The van der Waals surface area contributed by atoms with Crippen LogP contribution in [0.4, 0.5) is 5.13 Å². The van der Waals surface area contributed by atoms with Crippen molar-refractivity contribution in [1.29, 1.82) is 0 Å². The number of carbonyl (C=O) groups excluding carboxylic acids is 1. The second kappa shape index (κ2) is 4.69. The van der Waals surface area contributed by atoms with Gasteiger partial charge in [-0.25, -0.2) is 13.4 Å². The SMILES string of the molecule is CS(=O)(=O)c1cccc(C(=O)c2cnc(N3CC4(CO)C5C3C54)s2)c1. The number of ketones is 1. The number of benzene rings is 1. The highest BCUT2D eigenvalue weighted by molar-refractivity contribution is 7.90. The van der Waals surface area contributed by atoms with Gasteiger partial charge in [0.15, 0.2) is 15.0 Å². The Kier molecular flexibility index (Phi) is 2.90. The Morgan fingerprint density at radius 3 is 2.84 bits per heavy atom. The summed E-state index contributed by atoms with van der Waals surface area (Å²) < 4.78 is 23.4. The lowest BCUT2D eigenvalue weighted by atomic mass is 9.99. The van der Waals surface area contributed by atoms with E-state index in [0.29, 0.717) is 28.3 Å². The Morgan fingerprint density at radius 1 is 1.44 bits per heavy atom. The summed E-state index contributed by atoms with van der Waals surface area (Å²) >= 11 is 1.33. The number of aromatic nitrogens is 1. The second-order valence-electron chi connectivity index (χ2n) is 7.20. The number of thiazole rings is 1. The van der Waals surface area contributed by atoms with Crippen LogP contribution in [0.25, 0.3) is 0 Å². The van der Waals surface area contributed by atoms with Gasteiger partial charge in [-0.1, -0.05) is 23.5 Å². The van der Waals surface area contributed by atoms with E-state index in [1.54, 1.807) is 18.3 Å². The first-order valence-electron chi connectivity index (χ1n) is 8.05. The van der Waals surface area contributed by atoms with Gasteiger partial charge >= 0.3 is 0 Å². The van der Waals surface area contributed by atoms with Crippen molar-refractivity contribution in [3.8, 4) is 0 Å². The quantitative estimate of drug-likeness (QED) is 0.789. The molecule has 2 aliphatic carbocycles. The molecule has 1 aromatic heterocycles. The Balaban J connectivity index is 1.40. The molecule has 6 rings (SSSR count). The molecule has 2 saturated carbocycles. The third-order valence-electron chi connectivity index (χ3n) is 5.81. The van der Waals surface area contributed by atoms with Crippen LogP contribution >= 0.6 is 11.3 Å². The minimum absolute atomic E-state index is 0.0876. The lowest BCUT2D eigenvalue weighted by Gasteiger charge is -2.13. The van der Waals surface area contributed by atoms with Gasteiger partial charge in [0.05, 0.1) is 22.6 Å². The summed E-state index contributed by atoms with van der Waals surface area (Å²) in [4.78, 5) is 19.9. The topological polar surface area (TPSA) is 87.6 Å². The summed E-state index contributed by atoms with van der Waals surface area (Å²) in [6.45, 7) is 1.04. The van der Waals surface area contributed by atoms with Gasteiger partial charge in [0, 0.05) is 29.8 Å². The first-order chi connectivity index (χ1) is 11.9. The summed E-state index contributed by atoms with van der Waals surface area (Å²) in [5.74, 6) is 0.990. The lowest BCUT2D eigenvalue weighted by molar-refractivity contribution is 0.104. The fourth-order valence-electron chi connectivity index (χ4n) is 4.40. The normalized spacial score (nSPS) is 31.8.